The second kappa shape index (κ2) is 8.03. The molecule has 0 amide bonds. The highest BCUT2D eigenvalue weighted by molar-refractivity contribution is 5.67. The van der Waals surface area contributed by atoms with E-state index in [1.165, 1.54) is 25.3 Å². The van der Waals surface area contributed by atoms with Gasteiger partial charge < -0.3 is 19.3 Å². The molecule has 0 aliphatic heterocycles. The SMILES string of the molecule is COCCOc1cc(-c2ccc(CO)cc2)ccc1OC(F)(F)F. The first-order chi connectivity index (χ1) is 11.4. The fourth-order valence-electron chi connectivity index (χ4n) is 2.05. The van der Waals surface area contributed by atoms with Crippen LogP contribution in [0.2, 0.25) is 0 Å². The van der Waals surface area contributed by atoms with Crippen LogP contribution in [0.3, 0.4) is 0 Å². The van der Waals surface area contributed by atoms with Crippen LogP contribution in [0.25, 0.3) is 11.1 Å². The zero-order valence-electron chi connectivity index (χ0n) is 13.0. The fourth-order valence-corrected chi connectivity index (χ4v) is 2.05. The number of halogens is 3. The number of alkyl halides is 3. The Hall–Kier alpha value is -2.25. The summed E-state index contributed by atoms with van der Waals surface area (Å²) in [4.78, 5) is 0. The zero-order valence-corrected chi connectivity index (χ0v) is 13.0. The van der Waals surface area contributed by atoms with Crippen LogP contribution >= 0.6 is 0 Å². The highest BCUT2D eigenvalue weighted by Gasteiger charge is 2.32. The molecule has 1 N–H and O–H groups in total. The molecular weight excluding hydrogens is 325 g/mol. The van der Waals surface area contributed by atoms with E-state index in [4.69, 9.17) is 14.6 Å². The van der Waals surface area contributed by atoms with E-state index in [-0.39, 0.29) is 25.6 Å². The topological polar surface area (TPSA) is 47.9 Å². The molecule has 2 aromatic carbocycles. The number of rotatable bonds is 7. The summed E-state index contributed by atoms with van der Waals surface area (Å²) in [5, 5.41) is 9.05. The molecule has 130 valence electrons. The van der Waals surface area contributed by atoms with E-state index in [1.807, 2.05) is 0 Å². The van der Waals surface area contributed by atoms with Gasteiger partial charge in [0.2, 0.25) is 0 Å². The molecule has 0 spiro atoms. The fraction of sp³-hybridized carbons (Fsp3) is 0.294. The molecule has 7 heteroatoms. The van der Waals surface area contributed by atoms with Gasteiger partial charge in [-0.2, -0.15) is 0 Å². The standard InChI is InChI=1S/C17H17F3O4/c1-22-8-9-23-16-10-14(6-7-15(16)24-17(18,19)20)13-4-2-12(11-21)3-5-13/h2-7,10,21H,8-9,11H2,1H3. The molecule has 0 heterocycles. The van der Waals surface area contributed by atoms with Gasteiger partial charge in [0.05, 0.1) is 13.2 Å². The molecule has 0 bridgehead atoms. The zero-order chi connectivity index (χ0) is 17.6. The van der Waals surface area contributed by atoms with Crippen molar-refractivity contribution in [3.63, 3.8) is 0 Å². The Kier molecular flexibility index (Phi) is 6.05. The van der Waals surface area contributed by atoms with E-state index >= 15 is 0 Å². The van der Waals surface area contributed by atoms with Gasteiger partial charge in [-0.15, -0.1) is 13.2 Å². The van der Waals surface area contributed by atoms with Crippen molar-refractivity contribution in [1.82, 2.24) is 0 Å². The van der Waals surface area contributed by atoms with E-state index in [2.05, 4.69) is 4.74 Å². The van der Waals surface area contributed by atoms with Gasteiger partial charge in [-0.3, -0.25) is 0 Å². The summed E-state index contributed by atoms with van der Waals surface area (Å²) in [5.74, 6) is -0.428. The predicted octanol–water partition coefficient (Wildman–Crippen LogP) is 3.77. The van der Waals surface area contributed by atoms with Crippen LogP contribution in [0.1, 0.15) is 5.56 Å². The first-order valence-corrected chi connectivity index (χ1v) is 7.14. The molecule has 0 radical (unpaired) electrons. The number of aliphatic hydroxyl groups is 1. The molecule has 0 saturated heterocycles. The summed E-state index contributed by atoms with van der Waals surface area (Å²) in [5.41, 5.74) is 2.19. The van der Waals surface area contributed by atoms with Crippen molar-refractivity contribution >= 4 is 0 Å². The quantitative estimate of drug-likeness (QED) is 0.778. The van der Waals surface area contributed by atoms with Crippen molar-refractivity contribution in [1.29, 1.82) is 0 Å². The minimum Gasteiger partial charge on any atom is -0.487 e. The number of hydrogen-bond donors (Lipinski definition) is 1. The molecule has 2 aromatic rings. The van der Waals surface area contributed by atoms with Gasteiger partial charge in [-0.25, -0.2) is 0 Å². The van der Waals surface area contributed by atoms with Crippen LogP contribution in [-0.2, 0) is 11.3 Å². The molecule has 0 aliphatic rings. The third kappa shape index (κ3) is 5.14. The Morgan fingerprint density at radius 3 is 2.17 bits per heavy atom. The van der Waals surface area contributed by atoms with Gasteiger partial charge in [-0.1, -0.05) is 30.3 Å². The van der Waals surface area contributed by atoms with Crippen molar-refractivity contribution in [2.24, 2.45) is 0 Å². The number of ether oxygens (including phenoxy) is 3. The molecule has 0 saturated carbocycles. The minimum atomic E-state index is -4.80. The largest absolute Gasteiger partial charge is 0.573 e. The van der Waals surface area contributed by atoms with E-state index in [0.717, 1.165) is 11.1 Å². The summed E-state index contributed by atoms with van der Waals surface area (Å²) < 4.78 is 51.6. The second-order valence-corrected chi connectivity index (χ2v) is 4.91. The van der Waals surface area contributed by atoms with E-state index in [9.17, 15) is 13.2 Å². The van der Waals surface area contributed by atoms with Crippen molar-refractivity contribution in [2.45, 2.75) is 13.0 Å². The van der Waals surface area contributed by atoms with Crippen molar-refractivity contribution < 1.29 is 32.5 Å². The molecule has 4 nitrogen and oxygen atoms in total. The molecular formula is C17H17F3O4. The van der Waals surface area contributed by atoms with Gasteiger partial charge in [0, 0.05) is 7.11 Å². The molecule has 0 fully saturated rings. The van der Waals surface area contributed by atoms with Gasteiger partial charge >= 0.3 is 6.36 Å². The Balaban J connectivity index is 2.30. The highest BCUT2D eigenvalue weighted by atomic mass is 19.4. The van der Waals surface area contributed by atoms with Gasteiger partial charge in [0.25, 0.3) is 0 Å². The Bertz CT molecular complexity index is 654. The van der Waals surface area contributed by atoms with E-state index in [1.54, 1.807) is 24.3 Å². The lowest BCUT2D eigenvalue weighted by Gasteiger charge is -2.15. The number of methoxy groups -OCH3 is 1. The van der Waals surface area contributed by atoms with Crippen LogP contribution in [0, 0.1) is 0 Å². The average molecular weight is 342 g/mol. The van der Waals surface area contributed by atoms with Gasteiger partial charge in [0.1, 0.15) is 6.61 Å². The van der Waals surface area contributed by atoms with Crippen LogP contribution in [0.4, 0.5) is 13.2 Å². The highest BCUT2D eigenvalue weighted by Crippen LogP contribution is 2.36. The molecule has 0 unspecified atom stereocenters. The van der Waals surface area contributed by atoms with Gasteiger partial charge in [0.15, 0.2) is 11.5 Å². The number of hydrogen-bond acceptors (Lipinski definition) is 4. The Labute approximate surface area is 137 Å². The lowest BCUT2D eigenvalue weighted by atomic mass is 10.0. The summed E-state index contributed by atoms with van der Waals surface area (Å²) >= 11 is 0. The number of aliphatic hydroxyl groups excluding tert-OH is 1. The summed E-state index contributed by atoms with van der Waals surface area (Å²) in [6, 6.07) is 11.2. The maximum absolute atomic E-state index is 12.5. The maximum atomic E-state index is 12.5. The normalized spacial score (nSPS) is 11.4. The van der Waals surface area contributed by atoms with Crippen LogP contribution in [-0.4, -0.2) is 31.8 Å². The summed E-state index contributed by atoms with van der Waals surface area (Å²) in [6.07, 6.45) is -4.80. The molecule has 0 aliphatic carbocycles. The average Bonchev–Trinajstić information content (AvgIpc) is 2.55. The minimum absolute atomic E-state index is 0.0203. The first kappa shape index (κ1) is 18.1. The first-order valence-electron chi connectivity index (χ1n) is 7.14. The second-order valence-electron chi connectivity index (χ2n) is 4.91. The summed E-state index contributed by atoms with van der Waals surface area (Å²) in [7, 11) is 1.47. The van der Waals surface area contributed by atoms with Crippen molar-refractivity contribution in [3.05, 3.63) is 48.0 Å². The third-order valence-corrected chi connectivity index (χ3v) is 3.18. The van der Waals surface area contributed by atoms with Gasteiger partial charge in [-0.05, 0) is 28.8 Å². The van der Waals surface area contributed by atoms with Crippen LogP contribution in [0.5, 0.6) is 11.5 Å². The number of benzene rings is 2. The third-order valence-electron chi connectivity index (χ3n) is 3.18. The predicted molar refractivity (Wildman–Crippen MR) is 81.9 cm³/mol. The monoisotopic (exact) mass is 342 g/mol. The van der Waals surface area contributed by atoms with Crippen LogP contribution in [0.15, 0.2) is 42.5 Å². The Morgan fingerprint density at radius 2 is 1.58 bits per heavy atom. The molecule has 0 atom stereocenters. The molecule has 2 rings (SSSR count). The summed E-state index contributed by atoms with van der Waals surface area (Å²) in [6.45, 7) is 0.253. The maximum Gasteiger partial charge on any atom is 0.573 e. The smallest absolute Gasteiger partial charge is 0.487 e. The lowest BCUT2D eigenvalue weighted by molar-refractivity contribution is -0.275. The molecule has 24 heavy (non-hydrogen) atoms. The van der Waals surface area contributed by atoms with Crippen LogP contribution < -0.4 is 9.47 Å². The molecule has 0 aromatic heterocycles. The van der Waals surface area contributed by atoms with E-state index in [0.29, 0.717) is 5.56 Å². The van der Waals surface area contributed by atoms with E-state index < -0.39 is 12.1 Å². The van der Waals surface area contributed by atoms with Crippen molar-refractivity contribution in [3.8, 4) is 22.6 Å². The lowest BCUT2D eigenvalue weighted by Crippen LogP contribution is -2.18. The Morgan fingerprint density at radius 1 is 0.917 bits per heavy atom. The van der Waals surface area contributed by atoms with Crippen molar-refractivity contribution in [2.75, 3.05) is 20.3 Å².